The number of carbonyl (C=O) groups is 1. The van der Waals surface area contributed by atoms with Crippen LogP contribution in [0, 0.1) is 0 Å². The van der Waals surface area contributed by atoms with Crippen molar-refractivity contribution in [3.8, 4) is 0 Å². The average Bonchev–Trinajstić information content (AvgIpc) is 2.08. The number of hydrazone groups is 1. The number of nitrogens with one attached hydrogen (secondary N) is 1. The number of halogens is 1. The van der Waals surface area contributed by atoms with Crippen LogP contribution in [0.4, 0.5) is 5.69 Å². The quantitative estimate of drug-likeness (QED) is 0.567. The number of para-hydroxylation sites is 1. The number of carboxylic acids is 1. The smallest absolute Gasteiger partial charge is 0.0843 e. The van der Waals surface area contributed by atoms with Crippen LogP contribution >= 0.6 is 11.6 Å². The molecule has 0 saturated carbocycles. The van der Waals surface area contributed by atoms with Gasteiger partial charge in [-0.25, -0.2) is 0 Å². The topological polar surface area (TPSA) is 64.5 Å². The molecule has 1 aromatic rings. The number of anilines is 1. The third kappa shape index (κ3) is 3.13. The number of hydrogen-bond acceptors (Lipinski definition) is 4. The fourth-order valence-corrected chi connectivity index (χ4v) is 0.884. The maximum Gasteiger partial charge on any atom is 0.0843 e. The van der Waals surface area contributed by atoms with Gasteiger partial charge in [-0.3, -0.25) is 5.43 Å². The molecule has 0 amide bonds. The number of carbonyl (C=O) groups excluding carboxylic acids is 1. The number of aliphatic carboxylic acids is 1. The maximum atomic E-state index is 9.94. The van der Waals surface area contributed by atoms with Gasteiger partial charge in [-0.2, -0.15) is 5.10 Å². The lowest BCUT2D eigenvalue weighted by molar-refractivity contribution is -0.293. The SMILES string of the molecule is O=C([O-])/C=N/Nc1ccccc1Cl. The second-order valence-corrected chi connectivity index (χ2v) is 2.58. The molecule has 0 aromatic heterocycles. The van der Waals surface area contributed by atoms with Gasteiger partial charge in [-0.15, -0.1) is 0 Å². The van der Waals surface area contributed by atoms with Crippen molar-refractivity contribution in [1.29, 1.82) is 0 Å². The zero-order chi connectivity index (χ0) is 9.68. The summed E-state index contributed by atoms with van der Waals surface area (Å²) in [5.41, 5.74) is 3.00. The van der Waals surface area contributed by atoms with Crippen molar-refractivity contribution < 1.29 is 9.90 Å². The Morgan fingerprint density at radius 2 is 2.23 bits per heavy atom. The Morgan fingerprint density at radius 1 is 1.54 bits per heavy atom. The van der Waals surface area contributed by atoms with Crippen molar-refractivity contribution in [1.82, 2.24) is 0 Å². The van der Waals surface area contributed by atoms with Gasteiger partial charge in [0.1, 0.15) is 0 Å². The highest BCUT2D eigenvalue weighted by atomic mass is 35.5. The van der Waals surface area contributed by atoms with E-state index in [4.69, 9.17) is 11.6 Å². The van der Waals surface area contributed by atoms with Crippen LogP contribution < -0.4 is 10.5 Å². The molecule has 0 heterocycles. The molecule has 0 saturated heterocycles. The van der Waals surface area contributed by atoms with Gasteiger partial charge in [0.05, 0.1) is 22.9 Å². The van der Waals surface area contributed by atoms with Crippen LogP contribution in [-0.2, 0) is 4.79 Å². The molecule has 0 aliphatic rings. The van der Waals surface area contributed by atoms with Gasteiger partial charge in [0.2, 0.25) is 0 Å². The van der Waals surface area contributed by atoms with Gasteiger partial charge in [-0.1, -0.05) is 23.7 Å². The molecule has 0 unspecified atom stereocenters. The van der Waals surface area contributed by atoms with E-state index in [0.717, 1.165) is 0 Å². The van der Waals surface area contributed by atoms with E-state index < -0.39 is 5.97 Å². The van der Waals surface area contributed by atoms with Gasteiger partial charge in [-0.05, 0) is 12.1 Å². The average molecular weight is 198 g/mol. The van der Waals surface area contributed by atoms with Gasteiger partial charge in [0, 0.05) is 0 Å². The van der Waals surface area contributed by atoms with Crippen LogP contribution in [0.1, 0.15) is 0 Å². The van der Waals surface area contributed by atoms with E-state index in [9.17, 15) is 9.90 Å². The predicted molar refractivity (Wildman–Crippen MR) is 48.6 cm³/mol. The fourth-order valence-electron chi connectivity index (χ4n) is 0.706. The molecule has 0 aliphatic heterocycles. The van der Waals surface area contributed by atoms with E-state index >= 15 is 0 Å². The van der Waals surface area contributed by atoms with Crippen LogP contribution in [0.15, 0.2) is 29.4 Å². The molecule has 4 nitrogen and oxygen atoms in total. The molecule has 0 aliphatic carbocycles. The molecular formula is C8H6ClN2O2-. The molecular weight excluding hydrogens is 192 g/mol. The van der Waals surface area contributed by atoms with E-state index in [1.165, 1.54) is 0 Å². The van der Waals surface area contributed by atoms with E-state index in [0.29, 0.717) is 16.9 Å². The van der Waals surface area contributed by atoms with Crippen molar-refractivity contribution in [2.24, 2.45) is 5.10 Å². The Morgan fingerprint density at radius 3 is 2.85 bits per heavy atom. The minimum atomic E-state index is -1.36. The van der Waals surface area contributed by atoms with Gasteiger partial charge in [0.25, 0.3) is 0 Å². The first-order valence-corrected chi connectivity index (χ1v) is 3.82. The number of carboxylic acid groups (broad SMARTS) is 1. The van der Waals surface area contributed by atoms with Crippen LogP contribution in [0.3, 0.4) is 0 Å². The van der Waals surface area contributed by atoms with Crippen molar-refractivity contribution in [2.75, 3.05) is 5.43 Å². The molecule has 0 spiro atoms. The summed E-state index contributed by atoms with van der Waals surface area (Å²) in [4.78, 5) is 9.94. The summed E-state index contributed by atoms with van der Waals surface area (Å²) in [7, 11) is 0. The van der Waals surface area contributed by atoms with Gasteiger partial charge < -0.3 is 9.90 Å². The van der Waals surface area contributed by atoms with Gasteiger partial charge in [0.15, 0.2) is 0 Å². The Kier molecular flexibility index (Phi) is 3.28. The number of nitrogens with zero attached hydrogens (tertiary/aromatic N) is 1. The van der Waals surface area contributed by atoms with E-state index in [1.807, 2.05) is 0 Å². The summed E-state index contributed by atoms with van der Waals surface area (Å²) < 4.78 is 0. The first kappa shape index (κ1) is 9.54. The molecule has 13 heavy (non-hydrogen) atoms. The van der Waals surface area contributed by atoms with E-state index in [-0.39, 0.29) is 0 Å². The number of rotatable bonds is 3. The van der Waals surface area contributed by atoms with Crippen LogP contribution in [0.2, 0.25) is 5.02 Å². The Hall–Kier alpha value is -1.55. The normalized spacial score (nSPS) is 10.2. The first-order valence-electron chi connectivity index (χ1n) is 3.45. The highest BCUT2D eigenvalue weighted by molar-refractivity contribution is 6.33. The molecule has 0 atom stereocenters. The van der Waals surface area contributed by atoms with E-state index in [1.54, 1.807) is 24.3 Å². The lowest BCUT2D eigenvalue weighted by Gasteiger charge is -2.01. The van der Waals surface area contributed by atoms with Crippen molar-refractivity contribution in [2.45, 2.75) is 0 Å². The third-order valence-electron chi connectivity index (χ3n) is 1.23. The number of benzene rings is 1. The minimum Gasteiger partial charge on any atom is -0.544 e. The Labute approximate surface area is 79.8 Å². The molecule has 0 radical (unpaired) electrons. The lowest BCUT2D eigenvalue weighted by atomic mass is 10.3. The van der Waals surface area contributed by atoms with Gasteiger partial charge >= 0.3 is 0 Å². The second-order valence-electron chi connectivity index (χ2n) is 2.17. The molecule has 0 bridgehead atoms. The molecule has 0 fully saturated rings. The summed E-state index contributed by atoms with van der Waals surface area (Å²) in [6.07, 6.45) is 0.642. The second kappa shape index (κ2) is 4.47. The molecule has 5 heteroatoms. The highest BCUT2D eigenvalue weighted by Gasteiger charge is 1.94. The number of hydrogen-bond donors (Lipinski definition) is 1. The summed E-state index contributed by atoms with van der Waals surface area (Å²) in [5, 5.41) is 13.8. The molecule has 1 N–H and O–H groups in total. The lowest BCUT2D eigenvalue weighted by Crippen LogP contribution is -2.23. The third-order valence-corrected chi connectivity index (χ3v) is 1.56. The first-order chi connectivity index (χ1) is 6.20. The van der Waals surface area contributed by atoms with Crippen LogP contribution in [0.25, 0.3) is 0 Å². The maximum absolute atomic E-state index is 9.94. The molecule has 1 rings (SSSR count). The van der Waals surface area contributed by atoms with Crippen molar-refractivity contribution in [3.05, 3.63) is 29.3 Å². The summed E-state index contributed by atoms with van der Waals surface area (Å²) in [5.74, 6) is -1.36. The minimum absolute atomic E-state index is 0.470. The summed E-state index contributed by atoms with van der Waals surface area (Å²) in [6.45, 7) is 0. The standard InChI is InChI=1S/C8H7ClN2O2/c9-6-3-1-2-4-7(6)11-10-5-8(12)13/h1-5,11H,(H,12,13)/p-1/b10-5+. The largest absolute Gasteiger partial charge is 0.544 e. The molecule has 68 valence electrons. The van der Waals surface area contributed by atoms with Crippen molar-refractivity contribution >= 4 is 29.5 Å². The Balaban J connectivity index is 2.64. The summed E-state index contributed by atoms with van der Waals surface area (Å²) >= 11 is 5.74. The van der Waals surface area contributed by atoms with Crippen molar-refractivity contribution in [3.63, 3.8) is 0 Å². The fraction of sp³-hybridized carbons (Fsp3) is 0. The predicted octanol–water partition coefficient (Wildman–Crippen LogP) is 0.488. The Bertz CT molecular complexity index is 339. The monoisotopic (exact) mass is 197 g/mol. The van der Waals surface area contributed by atoms with Crippen LogP contribution in [-0.4, -0.2) is 12.2 Å². The van der Waals surface area contributed by atoms with Crippen LogP contribution in [0.5, 0.6) is 0 Å². The zero-order valence-electron chi connectivity index (χ0n) is 6.53. The molecule has 1 aromatic carbocycles. The van der Waals surface area contributed by atoms with E-state index in [2.05, 4.69) is 10.5 Å². The summed E-state index contributed by atoms with van der Waals surface area (Å²) in [6, 6.07) is 6.85. The highest BCUT2D eigenvalue weighted by Crippen LogP contribution is 2.19. The zero-order valence-corrected chi connectivity index (χ0v) is 7.28.